The highest BCUT2D eigenvalue weighted by Gasteiger charge is 2.26. The number of rotatable bonds is 4. The normalized spacial score (nSPS) is 19.4. The van der Waals surface area contributed by atoms with Crippen LogP contribution in [-0.2, 0) is 7.05 Å². The van der Waals surface area contributed by atoms with E-state index in [0.29, 0.717) is 18.9 Å². The molecule has 2 unspecified atom stereocenters. The summed E-state index contributed by atoms with van der Waals surface area (Å²) in [7, 11) is 1.90. The molecule has 0 aromatic carbocycles. The van der Waals surface area contributed by atoms with Gasteiger partial charge in [0.25, 0.3) is 0 Å². The summed E-state index contributed by atoms with van der Waals surface area (Å²) in [5.41, 5.74) is 4.58. The van der Waals surface area contributed by atoms with Gasteiger partial charge in [0.1, 0.15) is 17.6 Å². The molecule has 5 heterocycles. The maximum absolute atomic E-state index is 13.9. The number of anilines is 1. The van der Waals surface area contributed by atoms with Gasteiger partial charge in [0.2, 0.25) is 0 Å². The van der Waals surface area contributed by atoms with Crippen molar-refractivity contribution >= 4 is 11.5 Å². The largest absolute Gasteiger partial charge is 0.363 e. The fourth-order valence-corrected chi connectivity index (χ4v) is 3.55. The Morgan fingerprint density at radius 3 is 2.82 bits per heavy atom. The summed E-state index contributed by atoms with van der Waals surface area (Å²) in [4.78, 5) is 9.18. The topological polar surface area (TPSA) is 72.1 Å². The second kappa shape index (κ2) is 6.72. The smallest absolute Gasteiger partial charge is 0.137 e. The van der Waals surface area contributed by atoms with Crippen molar-refractivity contribution in [2.24, 2.45) is 7.05 Å². The average Bonchev–Trinajstić information content (AvgIpc) is 3.42. The van der Waals surface area contributed by atoms with Crippen molar-refractivity contribution in [3.05, 3.63) is 55.1 Å². The first kappa shape index (κ1) is 16.9. The van der Waals surface area contributed by atoms with Gasteiger partial charge in [0.15, 0.2) is 0 Å². The fourth-order valence-electron chi connectivity index (χ4n) is 3.55. The predicted molar refractivity (Wildman–Crippen MR) is 106 cm³/mol. The Morgan fingerprint density at radius 2 is 2.04 bits per heavy atom. The van der Waals surface area contributed by atoms with E-state index in [2.05, 4.69) is 25.7 Å². The van der Waals surface area contributed by atoms with E-state index in [9.17, 15) is 4.39 Å². The summed E-state index contributed by atoms with van der Waals surface area (Å²) < 4.78 is 17.7. The minimum absolute atomic E-state index is 0.262. The van der Waals surface area contributed by atoms with Crippen LogP contribution >= 0.6 is 0 Å². The quantitative estimate of drug-likeness (QED) is 0.572. The molecule has 8 heteroatoms. The van der Waals surface area contributed by atoms with Crippen LogP contribution in [0.25, 0.3) is 28.2 Å². The molecule has 2 N–H and O–H groups in total. The van der Waals surface area contributed by atoms with Crippen molar-refractivity contribution in [2.45, 2.75) is 12.2 Å². The van der Waals surface area contributed by atoms with Gasteiger partial charge >= 0.3 is 0 Å². The Labute approximate surface area is 161 Å². The van der Waals surface area contributed by atoms with Gasteiger partial charge in [-0.05, 0) is 24.3 Å². The highest BCUT2D eigenvalue weighted by atomic mass is 19.1. The summed E-state index contributed by atoms with van der Waals surface area (Å²) in [6.45, 7) is 0.971. The third kappa shape index (κ3) is 3.01. The monoisotopic (exact) mass is 377 g/mol. The first-order valence-electron chi connectivity index (χ1n) is 9.22. The molecule has 2 atom stereocenters. The molecule has 7 nitrogen and oxygen atoms in total. The zero-order chi connectivity index (χ0) is 19.1. The first-order valence-corrected chi connectivity index (χ1v) is 9.22. The van der Waals surface area contributed by atoms with Crippen molar-refractivity contribution in [1.82, 2.24) is 29.5 Å². The Hall–Kier alpha value is -3.26. The molecule has 0 amide bonds. The lowest BCUT2D eigenvalue weighted by Crippen LogP contribution is -2.29. The summed E-state index contributed by atoms with van der Waals surface area (Å²) in [5.74, 6) is 0.659. The van der Waals surface area contributed by atoms with Crippen molar-refractivity contribution in [3.8, 4) is 22.5 Å². The third-order valence-corrected chi connectivity index (χ3v) is 5.03. The number of alkyl halides is 1. The van der Waals surface area contributed by atoms with Crippen molar-refractivity contribution in [2.75, 3.05) is 18.4 Å². The van der Waals surface area contributed by atoms with Gasteiger partial charge in [-0.15, -0.1) is 0 Å². The standard InChI is InChI=1S/C20H20FN7/c1-27-11-14(7-24-27)13-5-6-20-23-10-18(28(20)12-13)16-3-2-4-19(25-16)26-17-9-22-8-15(17)21/h2-7,10-12,15,17,22H,8-9H2,1H3,(H,25,26). The number of hydrogen-bond acceptors (Lipinski definition) is 5. The van der Waals surface area contributed by atoms with E-state index in [1.54, 1.807) is 4.68 Å². The number of nitrogens with zero attached hydrogens (tertiary/aromatic N) is 5. The van der Waals surface area contributed by atoms with Gasteiger partial charge in [-0.1, -0.05) is 6.07 Å². The number of aryl methyl sites for hydroxylation is 1. The van der Waals surface area contributed by atoms with E-state index in [1.165, 1.54) is 0 Å². The number of aromatic nitrogens is 5. The van der Waals surface area contributed by atoms with Gasteiger partial charge in [-0.3, -0.25) is 9.08 Å². The zero-order valence-corrected chi connectivity index (χ0v) is 15.4. The highest BCUT2D eigenvalue weighted by molar-refractivity contribution is 5.67. The van der Waals surface area contributed by atoms with E-state index in [4.69, 9.17) is 0 Å². The number of fused-ring (bicyclic) bond motifs is 1. The molecule has 1 fully saturated rings. The Morgan fingerprint density at radius 1 is 1.11 bits per heavy atom. The minimum Gasteiger partial charge on any atom is -0.363 e. The highest BCUT2D eigenvalue weighted by Crippen LogP contribution is 2.25. The molecule has 1 saturated heterocycles. The van der Waals surface area contributed by atoms with E-state index >= 15 is 0 Å². The van der Waals surface area contributed by atoms with Crippen LogP contribution in [0.2, 0.25) is 0 Å². The molecule has 0 saturated carbocycles. The molecule has 0 bridgehead atoms. The van der Waals surface area contributed by atoms with Crippen molar-refractivity contribution < 1.29 is 4.39 Å². The lowest BCUT2D eigenvalue weighted by molar-refractivity contribution is 0.342. The summed E-state index contributed by atoms with van der Waals surface area (Å²) in [6.07, 6.45) is 6.74. The van der Waals surface area contributed by atoms with Crippen LogP contribution in [0.5, 0.6) is 0 Å². The molecule has 4 aromatic heterocycles. The number of nitrogens with one attached hydrogen (secondary N) is 2. The SMILES string of the molecule is Cn1cc(-c2ccc3ncc(-c4cccc(NC5CNCC5F)n4)n3c2)cn1. The molecular weight excluding hydrogens is 357 g/mol. The molecule has 5 rings (SSSR count). The molecule has 0 aliphatic carbocycles. The summed E-state index contributed by atoms with van der Waals surface area (Å²) >= 11 is 0. The van der Waals surface area contributed by atoms with Crippen LogP contribution in [0.1, 0.15) is 0 Å². The van der Waals surface area contributed by atoms with Gasteiger partial charge < -0.3 is 10.6 Å². The lowest BCUT2D eigenvalue weighted by Gasteiger charge is -2.15. The molecule has 0 spiro atoms. The number of pyridine rings is 2. The number of imidazole rings is 1. The first-order chi connectivity index (χ1) is 13.7. The second-order valence-electron chi connectivity index (χ2n) is 7.03. The number of halogens is 1. The molecule has 1 aliphatic rings. The Kier molecular flexibility index (Phi) is 4.05. The molecule has 142 valence electrons. The molecule has 1 aliphatic heterocycles. The van der Waals surface area contributed by atoms with Crippen LogP contribution in [-0.4, -0.2) is 49.5 Å². The van der Waals surface area contributed by atoms with E-state index in [1.807, 2.05) is 66.6 Å². The van der Waals surface area contributed by atoms with Gasteiger partial charge in [-0.25, -0.2) is 14.4 Å². The van der Waals surface area contributed by atoms with Crippen molar-refractivity contribution in [3.63, 3.8) is 0 Å². The van der Waals surface area contributed by atoms with E-state index < -0.39 is 6.17 Å². The van der Waals surface area contributed by atoms with Crippen LogP contribution in [0, 0.1) is 0 Å². The number of hydrogen-bond donors (Lipinski definition) is 2. The summed E-state index contributed by atoms with van der Waals surface area (Å²) in [5, 5.41) is 10.5. The third-order valence-electron chi connectivity index (χ3n) is 5.03. The molecular formula is C20H20FN7. The summed E-state index contributed by atoms with van der Waals surface area (Å²) in [6, 6.07) is 9.46. The van der Waals surface area contributed by atoms with Crippen LogP contribution < -0.4 is 10.6 Å². The van der Waals surface area contributed by atoms with Gasteiger partial charge in [0, 0.05) is 43.7 Å². The Balaban J connectivity index is 1.51. The molecule has 4 aromatic rings. The van der Waals surface area contributed by atoms with Crippen LogP contribution in [0.3, 0.4) is 0 Å². The lowest BCUT2D eigenvalue weighted by atomic mass is 10.1. The van der Waals surface area contributed by atoms with Crippen molar-refractivity contribution in [1.29, 1.82) is 0 Å². The van der Waals surface area contributed by atoms with Crippen LogP contribution in [0.4, 0.5) is 10.2 Å². The molecule has 28 heavy (non-hydrogen) atoms. The fraction of sp³-hybridized carbons (Fsp3) is 0.250. The maximum Gasteiger partial charge on any atom is 0.137 e. The average molecular weight is 377 g/mol. The Bertz CT molecular complexity index is 1130. The predicted octanol–water partition coefficient (Wildman–Crippen LogP) is 2.52. The zero-order valence-electron chi connectivity index (χ0n) is 15.4. The van der Waals surface area contributed by atoms with E-state index in [0.717, 1.165) is 28.2 Å². The minimum atomic E-state index is -0.914. The van der Waals surface area contributed by atoms with Gasteiger partial charge in [0.05, 0.1) is 29.8 Å². The van der Waals surface area contributed by atoms with E-state index in [-0.39, 0.29) is 6.04 Å². The maximum atomic E-state index is 13.9. The molecule has 0 radical (unpaired) electrons. The van der Waals surface area contributed by atoms with Crippen LogP contribution in [0.15, 0.2) is 55.1 Å². The van der Waals surface area contributed by atoms with Gasteiger partial charge in [-0.2, -0.15) is 5.10 Å². The second-order valence-corrected chi connectivity index (χ2v) is 7.03.